The maximum atomic E-state index is 12.9. The largest absolute Gasteiger partial charge is 0.422 e. The van der Waals surface area contributed by atoms with Crippen LogP contribution in [0.3, 0.4) is 0 Å². The van der Waals surface area contributed by atoms with Crippen LogP contribution in [0, 0.1) is 0 Å². The van der Waals surface area contributed by atoms with Crippen molar-refractivity contribution < 1.29 is 4.42 Å². The van der Waals surface area contributed by atoms with E-state index in [9.17, 15) is 4.79 Å². The third kappa shape index (κ3) is 2.43. The van der Waals surface area contributed by atoms with Crippen LogP contribution >= 0.6 is 0 Å². The van der Waals surface area contributed by atoms with Crippen molar-refractivity contribution in [2.24, 2.45) is 0 Å². The number of pyridine rings is 1. The highest BCUT2D eigenvalue weighted by atomic mass is 16.4. The van der Waals surface area contributed by atoms with Crippen LogP contribution in [-0.2, 0) is 10.8 Å². The molecule has 4 nitrogen and oxygen atoms in total. The molecule has 3 aromatic rings. The van der Waals surface area contributed by atoms with Crippen molar-refractivity contribution in [1.29, 1.82) is 0 Å². The second kappa shape index (κ2) is 5.69. The Morgan fingerprint density at radius 2 is 1.68 bits per heavy atom. The minimum absolute atomic E-state index is 0.0262. The number of hydrogen-bond donors (Lipinski definition) is 0. The van der Waals surface area contributed by atoms with Crippen molar-refractivity contribution in [3.8, 4) is 11.1 Å². The zero-order valence-corrected chi connectivity index (χ0v) is 17.0. The molecular formula is C24H26N2O2. The van der Waals surface area contributed by atoms with Crippen molar-refractivity contribution >= 4 is 16.7 Å². The van der Waals surface area contributed by atoms with Gasteiger partial charge in [-0.15, -0.1) is 0 Å². The highest BCUT2D eigenvalue weighted by Crippen LogP contribution is 2.51. The lowest BCUT2D eigenvalue weighted by Crippen LogP contribution is -2.44. The predicted octanol–water partition coefficient (Wildman–Crippen LogP) is 5.02. The number of fused-ring (bicyclic) bond motifs is 2. The Morgan fingerprint density at radius 1 is 1.00 bits per heavy atom. The third-order valence-electron chi connectivity index (χ3n) is 6.72. The highest BCUT2D eigenvalue weighted by molar-refractivity contribution is 5.92. The molecule has 0 unspecified atom stereocenters. The van der Waals surface area contributed by atoms with Crippen LogP contribution in [0.4, 0.5) is 5.69 Å². The summed E-state index contributed by atoms with van der Waals surface area (Å²) in [5.41, 5.74) is 5.89. The molecular weight excluding hydrogens is 348 g/mol. The number of benzene rings is 1. The maximum Gasteiger partial charge on any atom is 0.344 e. The van der Waals surface area contributed by atoms with Crippen molar-refractivity contribution in [3.05, 3.63) is 58.2 Å². The van der Waals surface area contributed by atoms with Crippen LogP contribution in [0.5, 0.6) is 0 Å². The fraction of sp³-hybridized carbons (Fsp3) is 0.417. The fourth-order valence-electron chi connectivity index (χ4n) is 4.88. The summed E-state index contributed by atoms with van der Waals surface area (Å²) in [6.45, 7) is 11.3. The summed E-state index contributed by atoms with van der Waals surface area (Å²) in [4.78, 5) is 19.5. The maximum absolute atomic E-state index is 12.9. The van der Waals surface area contributed by atoms with Gasteiger partial charge in [0.15, 0.2) is 0 Å². The molecule has 0 amide bonds. The second-order valence-electron chi connectivity index (χ2n) is 9.50. The second-order valence-corrected chi connectivity index (χ2v) is 9.50. The molecule has 0 aliphatic carbocycles. The molecule has 0 saturated heterocycles. The summed E-state index contributed by atoms with van der Waals surface area (Å²) in [5, 5.41) is 1.02. The molecule has 0 fully saturated rings. The van der Waals surface area contributed by atoms with E-state index in [1.165, 1.54) is 16.8 Å². The van der Waals surface area contributed by atoms with Gasteiger partial charge in [0.1, 0.15) is 5.58 Å². The number of rotatable bonds is 1. The lowest BCUT2D eigenvalue weighted by atomic mass is 9.69. The normalized spacial score (nSPS) is 19.5. The Morgan fingerprint density at radius 3 is 2.39 bits per heavy atom. The molecule has 0 radical (unpaired) electrons. The van der Waals surface area contributed by atoms with Crippen molar-refractivity contribution in [3.63, 3.8) is 0 Å². The molecule has 4 heteroatoms. The molecule has 4 heterocycles. The van der Waals surface area contributed by atoms with E-state index in [1.54, 1.807) is 12.4 Å². The van der Waals surface area contributed by atoms with Crippen LogP contribution in [0.15, 0.2) is 45.9 Å². The zero-order valence-electron chi connectivity index (χ0n) is 17.0. The molecule has 0 N–H and O–H groups in total. The first-order valence-corrected chi connectivity index (χ1v) is 10.1. The number of aromatic nitrogens is 1. The molecule has 2 aromatic heterocycles. The first-order chi connectivity index (χ1) is 13.3. The van der Waals surface area contributed by atoms with E-state index in [0.29, 0.717) is 5.56 Å². The average Bonchev–Trinajstić information content (AvgIpc) is 2.66. The monoisotopic (exact) mass is 374 g/mol. The summed E-state index contributed by atoms with van der Waals surface area (Å²) in [6.07, 6.45) is 5.62. The summed E-state index contributed by atoms with van der Waals surface area (Å²) in [5.74, 6) is 0. The lowest BCUT2D eigenvalue weighted by Gasteiger charge is -2.48. The van der Waals surface area contributed by atoms with Crippen molar-refractivity contribution in [2.75, 3.05) is 18.0 Å². The van der Waals surface area contributed by atoms with E-state index in [0.717, 1.165) is 42.5 Å². The Balaban J connectivity index is 1.89. The van der Waals surface area contributed by atoms with E-state index in [-0.39, 0.29) is 16.5 Å². The summed E-state index contributed by atoms with van der Waals surface area (Å²) in [7, 11) is 0. The molecule has 0 spiro atoms. The van der Waals surface area contributed by atoms with Crippen molar-refractivity contribution in [2.45, 2.75) is 51.4 Å². The molecule has 2 aliphatic rings. The van der Waals surface area contributed by atoms with Gasteiger partial charge in [0.25, 0.3) is 0 Å². The molecule has 0 saturated carbocycles. The van der Waals surface area contributed by atoms with Gasteiger partial charge in [0, 0.05) is 42.1 Å². The standard InChI is InChI=1S/C24H26N2O2/c1-23(2)7-11-26-12-8-24(3,4)19-20(26)18(23)14-16-13-17(22(27)28-21(16)19)15-5-9-25-10-6-15/h5-6,9-10,13-14H,7-8,11-12H2,1-4H3. The molecule has 1 aromatic carbocycles. The number of nitrogens with zero attached hydrogens (tertiary/aromatic N) is 2. The van der Waals surface area contributed by atoms with Crippen LogP contribution in [0.2, 0.25) is 0 Å². The quantitative estimate of drug-likeness (QED) is 0.561. The summed E-state index contributed by atoms with van der Waals surface area (Å²) in [6, 6.07) is 7.98. The lowest BCUT2D eigenvalue weighted by molar-refractivity contribution is 0.398. The molecule has 0 bridgehead atoms. The molecule has 28 heavy (non-hydrogen) atoms. The highest BCUT2D eigenvalue weighted by Gasteiger charge is 2.41. The van der Waals surface area contributed by atoms with E-state index >= 15 is 0 Å². The van der Waals surface area contributed by atoms with Crippen molar-refractivity contribution in [1.82, 2.24) is 4.98 Å². The Bertz CT molecular complexity index is 1140. The van der Waals surface area contributed by atoms with Gasteiger partial charge in [-0.05, 0) is 59.1 Å². The Kier molecular flexibility index (Phi) is 3.55. The van der Waals surface area contributed by atoms with Gasteiger partial charge in [-0.25, -0.2) is 4.79 Å². The van der Waals surface area contributed by atoms with Gasteiger partial charge in [0.05, 0.1) is 5.56 Å². The van der Waals surface area contributed by atoms with Gasteiger partial charge < -0.3 is 9.32 Å². The van der Waals surface area contributed by atoms with Gasteiger partial charge in [-0.1, -0.05) is 27.7 Å². The number of hydrogen-bond acceptors (Lipinski definition) is 4. The van der Waals surface area contributed by atoms with E-state index in [4.69, 9.17) is 4.42 Å². The van der Waals surface area contributed by atoms with Gasteiger partial charge in [-0.2, -0.15) is 0 Å². The van der Waals surface area contributed by atoms with Crippen LogP contribution in [0.25, 0.3) is 22.1 Å². The van der Waals surface area contributed by atoms with E-state index in [1.807, 2.05) is 18.2 Å². The molecule has 144 valence electrons. The molecule has 0 atom stereocenters. The number of anilines is 1. The van der Waals surface area contributed by atoms with Gasteiger partial charge in [-0.3, -0.25) is 4.98 Å². The van der Waals surface area contributed by atoms with Gasteiger partial charge in [0.2, 0.25) is 0 Å². The minimum atomic E-state index is -0.280. The third-order valence-corrected chi connectivity index (χ3v) is 6.72. The Labute approximate surface area is 165 Å². The summed E-state index contributed by atoms with van der Waals surface area (Å²) >= 11 is 0. The average molecular weight is 374 g/mol. The van der Waals surface area contributed by atoms with E-state index in [2.05, 4.69) is 43.6 Å². The Hall–Kier alpha value is -2.62. The van der Waals surface area contributed by atoms with E-state index < -0.39 is 0 Å². The predicted molar refractivity (Wildman–Crippen MR) is 113 cm³/mol. The van der Waals surface area contributed by atoms with Crippen LogP contribution < -0.4 is 10.5 Å². The van der Waals surface area contributed by atoms with Crippen LogP contribution in [-0.4, -0.2) is 18.1 Å². The van der Waals surface area contributed by atoms with Crippen LogP contribution in [0.1, 0.15) is 51.7 Å². The topological polar surface area (TPSA) is 46.3 Å². The first kappa shape index (κ1) is 17.5. The molecule has 2 aliphatic heterocycles. The smallest absolute Gasteiger partial charge is 0.344 e. The minimum Gasteiger partial charge on any atom is -0.422 e. The summed E-state index contributed by atoms with van der Waals surface area (Å²) < 4.78 is 6.02. The SMILES string of the molecule is CC1(C)CCN2CCC(C)(C)c3c2c1cc1cc(-c2ccncc2)c(=O)oc31. The zero-order chi connectivity index (χ0) is 19.7. The molecule has 5 rings (SSSR count). The fourth-order valence-corrected chi connectivity index (χ4v) is 4.88. The first-order valence-electron chi connectivity index (χ1n) is 10.1. The van der Waals surface area contributed by atoms with Gasteiger partial charge >= 0.3 is 5.63 Å².